The molecule has 2 N–H and O–H groups in total. The van der Waals surface area contributed by atoms with E-state index in [1.807, 2.05) is 0 Å². The summed E-state index contributed by atoms with van der Waals surface area (Å²) >= 11 is 0. The number of urea groups is 1. The van der Waals surface area contributed by atoms with Crippen molar-refractivity contribution >= 4 is 17.4 Å². The maximum absolute atomic E-state index is 12.7. The first-order valence-corrected chi connectivity index (χ1v) is 5.68. The van der Waals surface area contributed by atoms with Crippen molar-refractivity contribution in [2.75, 3.05) is 10.6 Å². The van der Waals surface area contributed by atoms with Crippen LogP contribution in [0.3, 0.4) is 0 Å². The second-order valence-electron chi connectivity index (χ2n) is 3.90. The van der Waals surface area contributed by atoms with Gasteiger partial charge in [-0.3, -0.25) is 0 Å². The van der Waals surface area contributed by atoms with Crippen molar-refractivity contribution in [1.82, 2.24) is 0 Å². The molecule has 0 aliphatic rings. The average molecular weight is 279 g/mol. The molecule has 0 unspecified atom stereocenters. The zero-order valence-electron chi connectivity index (χ0n) is 10.2. The minimum atomic E-state index is -4.53. The third-order valence-electron chi connectivity index (χ3n) is 2.44. The highest BCUT2D eigenvalue weighted by atomic mass is 19.4. The first kappa shape index (κ1) is 13.9. The van der Waals surface area contributed by atoms with Gasteiger partial charge in [-0.2, -0.15) is 13.2 Å². The number of hydrogen-bond acceptors (Lipinski definition) is 1. The molecule has 0 atom stereocenters. The average Bonchev–Trinajstić information content (AvgIpc) is 2.39. The molecule has 2 amide bonds. The lowest BCUT2D eigenvalue weighted by atomic mass is 10.1. The number of benzene rings is 2. The van der Waals surface area contributed by atoms with E-state index in [1.54, 1.807) is 24.3 Å². The largest absolute Gasteiger partial charge is 0.418 e. The van der Waals surface area contributed by atoms with Crippen molar-refractivity contribution in [3.63, 3.8) is 0 Å². The number of para-hydroxylation sites is 2. The summed E-state index contributed by atoms with van der Waals surface area (Å²) < 4.78 is 38.2. The molecule has 0 aliphatic carbocycles. The highest BCUT2D eigenvalue weighted by Crippen LogP contribution is 2.34. The molecule has 0 aliphatic heterocycles. The van der Waals surface area contributed by atoms with E-state index in [-0.39, 0.29) is 5.69 Å². The molecule has 0 bridgehead atoms. The molecular weight excluding hydrogens is 269 g/mol. The molecule has 0 saturated heterocycles. The number of hydrogen-bond donors (Lipinski definition) is 2. The van der Waals surface area contributed by atoms with Gasteiger partial charge in [0.05, 0.1) is 16.9 Å². The SMILES string of the molecule is O=C(Nc1[c]cccc1)Nc1ccccc1C(F)(F)F. The van der Waals surface area contributed by atoms with Gasteiger partial charge in [0, 0.05) is 6.07 Å². The van der Waals surface area contributed by atoms with Crippen LogP contribution in [0.4, 0.5) is 29.3 Å². The topological polar surface area (TPSA) is 41.1 Å². The quantitative estimate of drug-likeness (QED) is 0.851. The molecule has 0 spiro atoms. The van der Waals surface area contributed by atoms with Crippen LogP contribution in [0.15, 0.2) is 48.5 Å². The van der Waals surface area contributed by atoms with Crippen LogP contribution in [0.2, 0.25) is 0 Å². The van der Waals surface area contributed by atoms with E-state index in [9.17, 15) is 18.0 Å². The fraction of sp³-hybridized carbons (Fsp3) is 0.0714. The van der Waals surface area contributed by atoms with Crippen molar-refractivity contribution < 1.29 is 18.0 Å². The summed E-state index contributed by atoms with van der Waals surface area (Å²) in [6.07, 6.45) is -4.53. The monoisotopic (exact) mass is 279 g/mol. The van der Waals surface area contributed by atoms with Crippen LogP contribution in [-0.2, 0) is 6.18 Å². The van der Waals surface area contributed by atoms with Gasteiger partial charge in [0.25, 0.3) is 0 Å². The molecule has 0 heterocycles. The van der Waals surface area contributed by atoms with Crippen LogP contribution in [0.1, 0.15) is 5.56 Å². The van der Waals surface area contributed by atoms with E-state index >= 15 is 0 Å². The Hall–Kier alpha value is -2.50. The van der Waals surface area contributed by atoms with Gasteiger partial charge < -0.3 is 10.6 Å². The van der Waals surface area contributed by atoms with Gasteiger partial charge in [-0.05, 0) is 18.2 Å². The normalized spacial score (nSPS) is 10.9. The van der Waals surface area contributed by atoms with E-state index in [1.165, 1.54) is 18.2 Å². The lowest BCUT2D eigenvalue weighted by Gasteiger charge is -2.13. The second kappa shape index (κ2) is 5.64. The summed E-state index contributed by atoms with van der Waals surface area (Å²) in [5.41, 5.74) is -0.824. The van der Waals surface area contributed by atoms with Crippen LogP contribution in [-0.4, -0.2) is 6.03 Å². The van der Waals surface area contributed by atoms with Gasteiger partial charge in [-0.1, -0.05) is 30.3 Å². The van der Waals surface area contributed by atoms with Crippen molar-refractivity contribution in [2.24, 2.45) is 0 Å². The summed E-state index contributed by atoms with van der Waals surface area (Å²) in [4.78, 5) is 11.7. The van der Waals surface area contributed by atoms with Gasteiger partial charge in [0.1, 0.15) is 0 Å². The highest BCUT2D eigenvalue weighted by Gasteiger charge is 2.33. The molecule has 2 aromatic carbocycles. The van der Waals surface area contributed by atoms with Gasteiger partial charge in [0.2, 0.25) is 0 Å². The Balaban J connectivity index is 2.13. The molecule has 6 heteroatoms. The third kappa shape index (κ3) is 3.50. The van der Waals surface area contributed by atoms with Gasteiger partial charge in [-0.15, -0.1) is 0 Å². The number of rotatable bonds is 2. The Morgan fingerprint density at radius 2 is 1.70 bits per heavy atom. The molecule has 0 fully saturated rings. The van der Waals surface area contributed by atoms with Gasteiger partial charge in [-0.25, -0.2) is 4.79 Å². The summed E-state index contributed by atoms with van der Waals surface area (Å²) in [6.45, 7) is 0. The zero-order valence-corrected chi connectivity index (χ0v) is 10.2. The fourth-order valence-electron chi connectivity index (χ4n) is 1.59. The number of halogens is 3. The minimum absolute atomic E-state index is 0.298. The first-order chi connectivity index (χ1) is 9.47. The van der Waals surface area contributed by atoms with E-state index in [0.717, 1.165) is 6.07 Å². The predicted octanol–water partition coefficient (Wildman–Crippen LogP) is 4.15. The molecular formula is C14H10F3N2O. The highest BCUT2D eigenvalue weighted by molar-refractivity contribution is 6.00. The smallest absolute Gasteiger partial charge is 0.307 e. The van der Waals surface area contributed by atoms with Crippen LogP contribution >= 0.6 is 0 Å². The Bertz CT molecular complexity index is 597. The number of alkyl halides is 3. The van der Waals surface area contributed by atoms with Crippen molar-refractivity contribution in [2.45, 2.75) is 6.18 Å². The summed E-state index contributed by atoms with van der Waals surface area (Å²) in [5, 5.41) is 4.57. The molecule has 103 valence electrons. The van der Waals surface area contributed by atoms with E-state index in [4.69, 9.17) is 0 Å². The van der Waals surface area contributed by atoms with Crippen molar-refractivity contribution in [1.29, 1.82) is 0 Å². The lowest BCUT2D eigenvalue weighted by Crippen LogP contribution is -2.21. The van der Waals surface area contributed by atoms with Crippen LogP contribution in [0.25, 0.3) is 0 Å². The van der Waals surface area contributed by atoms with E-state index in [0.29, 0.717) is 5.69 Å². The van der Waals surface area contributed by atoms with Gasteiger partial charge >= 0.3 is 12.2 Å². The number of nitrogens with one attached hydrogen (secondary N) is 2. The molecule has 2 aromatic rings. The van der Waals surface area contributed by atoms with Gasteiger partial charge in [0.15, 0.2) is 0 Å². The lowest BCUT2D eigenvalue weighted by molar-refractivity contribution is -0.136. The Morgan fingerprint density at radius 1 is 1.00 bits per heavy atom. The molecule has 1 radical (unpaired) electrons. The minimum Gasteiger partial charge on any atom is -0.307 e. The molecule has 20 heavy (non-hydrogen) atoms. The van der Waals surface area contributed by atoms with Crippen LogP contribution in [0.5, 0.6) is 0 Å². The van der Waals surface area contributed by atoms with Crippen LogP contribution in [0, 0.1) is 6.07 Å². The van der Waals surface area contributed by atoms with Crippen molar-refractivity contribution in [3.05, 3.63) is 60.2 Å². The summed E-state index contributed by atoms with van der Waals surface area (Å²) in [5.74, 6) is 0. The zero-order chi connectivity index (χ0) is 14.6. The first-order valence-electron chi connectivity index (χ1n) is 5.68. The fourth-order valence-corrected chi connectivity index (χ4v) is 1.59. The predicted molar refractivity (Wildman–Crippen MR) is 69.4 cm³/mol. The Labute approximate surface area is 113 Å². The molecule has 0 saturated carbocycles. The van der Waals surface area contributed by atoms with E-state index < -0.39 is 17.8 Å². The second-order valence-corrected chi connectivity index (χ2v) is 3.90. The standard InChI is InChI=1S/C14H10F3N2O/c15-14(16,17)11-8-4-5-9-12(11)19-13(20)18-10-6-2-1-3-7-10/h1-6,8-9H,(H2,18,19,20). The summed E-state index contributed by atoms with van der Waals surface area (Å²) in [6, 6.07) is 13.3. The van der Waals surface area contributed by atoms with Crippen molar-refractivity contribution in [3.8, 4) is 0 Å². The number of carbonyl (C=O) groups is 1. The molecule has 0 aromatic heterocycles. The maximum atomic E-state index is 12.7. The number of amides is 2. The molecule has 2 rings (SSSR count). The summed E-state index contributed by atoms with van der Waals surface area (Å²) in [7, 11) is 0. The Kier molecular flexibility index (Phi) is 3.93. The maximum Gasteiger partial charge on any atom is 0.418 e. The molecule has 3 nitrogen and oxygen atoms in total. The number of carbonyl (C=O) groups excluding carboxylic acids is 1. The third-order valence-corrected chi connectivity index (χ3v) is 2.44. The van der Waals surface area contributed by atoms with E-state index in [2.05, 4.69) is 16.7 Å². The number of anilines is 2. The Morgan fingerprint density at radius 3 is 2.35 bits per heavy atom. The van der Waals surface area contributed by atoms with Crippen LogP contribution < -0.4 is 10.6 Å².